The summed E-state index contributed by atoms with van der Waals surface area (Å²) < 4.78 is 2.05. The quantitative estimate of drug-likeness (QED) is 0.805. The lowest BCUT2D eigenvalue weighted by molar-refractivity contribution is 0.222. The van der Waals surface area contributed by atoms with Crippen molar-refractivity contribution in [3.05, 3.63) is 21.2 Å². The molecule has 0 aliphatic carbocycles. The molecule has 1 aliphatic heterocycles. The van der Waals surface area contributed by atoms with Crippen LogP contribution in [0.15, 0.2) is 21.2 Å². The fourth-order valence-electron chi connectivity index (χ4n) is 2.41. The predicted octanol–water partition coefficient (Wildman–Crippen LogP) is 3.38. The molecule has 1 aromatic rings. The summed E-state index contributed by atoms with van der Waals surface area (Å²) in [6, 6.07) is 2.05. The molecule has 1 aromatic heterocycles. The van der Waals surface area contributed by atoms with Gasteiger partial charge in [0.05, 0.1) is 4.47 Å². The number of piperidine rings is 1. The van der Waals surface area contributed by atoms with Crippen LogP contribution in [0, 0.1) is 5.92 Å². The van der Waals surface area contributed by atoms with Gasteiger partial charge in [0, 0.05) is 24.3 Å². The largest absolute Gasteiger partial charge is 0.358 e. The van der Waals surface area contributed by atoms with Gasteiger partial charge in [0.25, 0.3) is 0 Å². The molecular formula is C13H19Br2N3. The molecule has 0 amide bonds. The van der Waals surface area contributed by atoms with E-state index in [0.29, 0.717) is 0 Å². The summed E-state index contributed by atoms with van der Waals surface area (Å²) >= 11 is 7.01. The van der Waals surface area contributed by atoms with E-state index in [1.165, 1.54) is 25.9 Å². The Morgan fingerprint density at radius 1 is 1.39 bits per heavy atom. The van der Waals surface area contributed by atoms with Gasteiger partial charge >= 0.3 is 0 Å². The van der Waals surface area contributed by atoms with Crippen LogP contribution in [0.5, 0.6) is 0 Å². The zero-order valence-electron chi connectivity index (χ0n) is 10.9. The summed E-state index contributed by atoms with van der Waals surface area (Å²) in [7, 11) is 4.33. The van der Waals surface area contributed by atoms with Gasteiger partial charge in [-0.2, -0.15) is 0 Å². The molecule has 0 aromatic carbocycles. The number of nitrogens with zero attached hydrogens (tertiary/aromatic N) is 3. The third-order valence-corrected chi connectivity index (χ3v) is 4.54. The molecule has 100 valence electrons. The number of halogens is 2. The molecule has 0 bridgehead atoms. The summed E-state index contributed by atoms with van der Waals surface area (Å²) in [4.78, 5) is 9.14. The Bertz CT molecular complexity index is 403. The van der Waals surface area contributed by atoms with E-state index >= 15 is 0 Å². The van der Waals surface area contributed by atoms with Crippen molar-refractivity contribution in [1.82, 2.24) is 9.88 Å². The number of hydrogen-bond donors (Lipinski definition) is 0. The topological polar surface area (TPSA) is 19.4 Å². The van der Waals surface area contributed by atoms with Crippen LogP contribution in [0.25, 0.3) is 0 Å². The lowest BCUT2D eigenvalue weighted by atomic mass is 9.97. The van der Waals surface area contributed by atoms with E-state index in [4.69, 9.17) is 0 Å². The van der Waals surface area contributed by atoms with Gasteiger partial charge in [0.15, 0.2) is 0 Å². The first-order valence-corrected chi connectivity index (χ1v) is 7.85. The number of pyridine rings is 1. The van der Waals surface area contributed by atoms with Crippen molar-refractivity contribution >= 4 is 37.7 Å². The first kappa shape index (κ1) is 14.3. The standard InChI is InChI=1S/C13H19Br2N3/c1-17-5-3-10(4-6-17)9-18(2)13-12(15)7-11(14)8-16-13/h7-8,10H,3-6,9H2,1-2H3. The van der Waals surface area contributed by atoms with E-state index in [0.717, 1.165) is 27.2 Å². The van der Waals surface area contributed by atoms with Gasteiger partial charge < -0.3 is 9.80 Å². The van der Waals surface area contributed by atoms with Crippen molar-refractivity contribution in [3.63, 3.8) is 0 Å². The maximum absolute atomic E-state index is 4.48. The SMILES string of the molecule is CN1CCC(CN(C)c2ncc(Br)cc2Br)CC1. The monoisotopic (exact) mass is 375 g/mol. The minimum atomic E-state index is 0.781. The smallest absolute Gasteiger partial charge is 0.142 e. The van der Waals surface area contributed by atoms with Crippen molar-refractivity contribution in [3.8, 4) is 0 Å². The van der Waals surface area contributed by atoms with Gasteiger partial charge in [-0.25, -0.2) is 4.98 Å². The van der Waals surface area contributed by atoms with E-state index in [2.05, 4.69) is 60.7 Å². The molecule has 1 aliphatic rings. The van der Waals surface area contributed by atoms with Gasteiger partial charge in [-0.3, -0.25) is 0 Å². The number of aromatic nitrogens is 1. The predicted molar refractivity (Wildman–Crippen MR) is 83.1 cm³/mol. The summed E-state index contributed by atoms with van der Waals surface area (Å²) in [5.41, 5.74) is 0. The van der Waals surface area contributed by atoms with Crippen LogP contribution in [0.2, 0.25) is 0 Å². The van der Waals surface area contributed by atoms with Crippen molar-refractivity contribution < 1.29 is 0 Å². The lowest BCUT2D eigenvalue weighted by Crippen LogP contribution is -2.36. The van der Waals surface area contributed by atoms with Gasteiger partial charge in [-0.05, 0) is 76.8 Å². The Morgan fingerprint density at radius 3 is 2.67 bits per heavy atom. The Balaban J connectivity index is 1.97. The van der Waals surface area contributed by atoms with Crippen molar-refractivity contribution in [2.45, 2.75) is 12.8 Å². The van der Waals surface area contributed by atoms with Crippen molar-refractivity contribution in [1.29, 1.82) is 0 Å². The van der Waals surface area contributed by atoms with Crippen LogP contribution in [0.4, 0.5) is 5.82 Å². The van der Waals surface area contributed by atoms with E-state index < -0.39 is 0 Å². The highest BCUT2D eigenvalue weighted by molar-refractivity contribution is 9.11. The minimum absolute atomic E-state index is 0.781. The molecule has 0 atom stereocenters. The highest BCUT2D eigenvalue weighted by Crippen LogP contribution is 2.27. The molecule has 2 rings (SSSR count). The van der Waals surface area contributed by atoms with Crippen molar-refractivity contribution in [2.75, 3.05) is 38.6 Å². The summed E-state index contributed by atoms with van der Waals surface area (Å²) in [6.45, 7) is 3.52. The molecular weight excluding hydrogens is 358 g/mol. The van der Waals surface area contributed by atoms with E-state index in [-0.39, 0.29) is 0 Å². The van der Waals surface area contributed by atoms with Gasteiger partial charge in [0.2, 0.25) is 0 Å². The average molecular weight is 377 g/mol. The molecule has 0 saturated carbocycles. The molecule has 0 radical (unpaired) electrons. The summed E-state index contributed by atoms with van der Waals surface area (Å²) in [5.74, 6) is 1.81. The zero-order valence-corrected chi connectivity index (χ0v) is 14.0. The number of rotatable bonds is 3. The Labute approximate surface area is 126 Å². The fourth-order valence-corrected chi connectivity index (χ4v) is 3.70. The summed E-state index contributed by atoms with van der Waals surface area (Å²) in [6.07, 6.45) is 4.43. The summed E-state index contributed by atoms with van der Waals surface area (Å²) in [5, 5.41) is 0. The molecule has 0 spiro atoms. The number of hydrogen-bond acceptors (Lipinski definition) is 3. The first-order chi connectivity index (χ1) is 8.56. The van der Waals surface area contributed by atoms with Crippen LogP contribution in [0.1, 0.15) is 12.8 Å². The second kappa shape index (κ2) is 6.35. The highest BCUT2D eigenvalue weighted by atomic mass is 79.9. The Kier molecular flexibility index (Phi) is 5.04. The molecule has 3 nitrogen and oxygen atoms in total. The molecule has 1 saturated heterocycles. The van der Waals surface area contributed by atoms with Crippen LogP contribution < -0.4 is 4.90 Å². The fraction of sp³-hybridized carbons (Fsp3) is 0.615. The first-order valence-electron chi connectivity index (χ1n) is 6.27. The normalized spacial score (nSPS) is 18.0. The van der Waals surface area contributed by atoms with Crippen molar-refractivity contribution in [2.24, 2.45) is 5.92 Å². The lowest BCUT2D eigenvalue weighted by Gasteiger charge is -2.32. The minimum Gasteiger partial charge on any atom is -0.358 e. The van der Waals surface area contributed by atoms with E-state index in [1.807, 2.05) is 12.3 Å². The van der Waals surface area contributed by atoms with Crippen LogP contribution in [-0.4, -0.2) is 43.6 Å². The molecule has 18 heavy (non-hydrogen) atoms. The van der Waals surface area contributed by atoms with Gasteiger partial charge in [-0.15, -0.1) is 0 Å². The average Bonchev–Trinajstić information content (AvgIpc) is 2.32. The third-order valence-electron chi connectivity index (χ3n) is 3.52. The zero-order chi connectivity index (χ0) is 13.1. The molecule has 0 unspecified atom stereocenters. The number of anilines is 1. The van der Waals surface area contributed by atoms with Crippen LogP contribution in [-0.2, 0) is 0 Å². The highest BCUT2D eigenvalue weighted by Gasteiger charge is 2.19. The number of likely N-dealkylation sites (tertiary alicyclic amines) is 1. The van der Waals surface area contributed by atoms with Gasteiger partial charge in [0.1, 0.15) is 5.82 Å². The Morgan fingerprint density at radius 2 is 2.06 bits per heavy atom. The maximum atomic E-state index is 4.48. The Hall–Kier alpha value is -0.130. The van der Waals surface area contributed by atoms with Crippen LogP contribution >= 0.6 is 31.9 Å². The maximum Gasteiger partial charge on any atom is 0.142 e. The second-order valence-electron chi connectivity index (χ2n) is 5.09. The van der Waals surface area contributed by atoms with Gasteiger partial charge in [-0.1, -0.05) is 0 Å². The second-order valence-corrected chi connectivity index (χ2v) is 6.86. The molecule has 0 N–H and O–H groups in total. The van der Waals surface area contributed by atoms with E-state index in [9.17, 15) is 0 Å². The third kappa shape index (κ3) is 3.68. The van der Waals surface area contributed by atoms with E-state index in [1.54, 1.807) is 0 Å². The molecule has 5 heteroatoms. The molecule has 2 heterocycles. The molecule has 1 fully saturated rings. The van der Waals surface area contributed by atoms with Crippen LogP contribution in [0.3, 0.4) is 0 Å².